The monoisotopic (exact) mass is 219 g/mol. The minimum Gasteiger partial charge on any atom is -0.495 e. The molecule has 0 spiro atoms. The third-order valence-electron chi connectivity index (χ3n) is 3.01. The zero-order chi connectivity index (χ0) is 10.4. The zero-order valence-corrected chi connectivity index (χ0v) is 9.70. The van der Waals surface area contributed by atoms with Crippen LogP contribution in [-0.2, 0) is 6.42 Å². The van der Waals surface area contributed by atoms with Gasteiger partial charge in [0.25, 0.3) is 0 Å². The van der Waals surface area contributed by atoms with E-state index in [1.807, 2.05) is 0 Å². The number of nitrogens with one attached hydrogen (secondary N) is 1. The number of thiophene rings is 1. The van der Waals surface area contributed by atoms with E-state index in [-0.39, 0.29) is 0 Å². The molecule has 0 unspecified atom stereocenters. The summed E-state index contributed by atoms with van der Waals surface area (Å²) < 4.78 is 6.73. The lowest BCUT2D eigenvalue weighted by molar-refractivity contribution is 0.420. The molecule has 0 saturated carbocycles. The van der Waals surface area contributed by atoms with Gasteiger partial charge in [-0.15, -0.1) is 11.3 Å². The molecular weight excluding hydrogens is 206 g/mol. The number of anilines is 1. The summed E-state index contributed by atoms with van der Waals surface area (Å²) in [6, 6.07) is 2.13. The van der Waals surface area contributed by atoms with Crippen molar-refractivity contribution >= 4 is 27.1 Å². The van der Waals surface area contributed by atoms with Gasteiger partial charge in [-0.3, -0.25) is 0 Å². The van der Waals surface area contributed by atoms with Crippen LogP contribution in [0.1, 0.15) is 11.1 Å². The van der Waals surface area contributed by atoms with E-state index >= 15 is 0 Å². The number of aryl methyl sites for hydroxylation is 1. The van der Waals surface area contributed by atoms with Gasteiger partial charge in [-0.05, 0) is 29.9 Å². The molecule has 0 radical (unpaired) electrons. The fraction of sp³-hybridized carbons (Fsp3) is 0.333. The number of fused-ring (bicyclic) bond motifs is 3. The second-order valence-electron chi connectivity index (χ2n) is 3.90. The third kappa shape index (κ3) is 1.16. The highest BCUT2D eigenvalue weighted by atomic mass is 32.1. The molecule has 78 valence electrons. The Kier molecular flexibility index (Phi) is 1.89. The van der Waals surface area contributed by atoms with Gasteiger partial charge in [0.2, 0.25) is 0 Å². The van der Waals surface area contributed by atoms with Gasteiger partial charge in [-0.2, -0.15) is 0 Å². The number of hydrogen-bond acceptors (Lipinski definition) is 3. The predicted molar refractivity (Wildman–Crippen MR) is 65.3 cm³/mol. The second kappa shape index (κ2) is 3.14. The van der Waals surface area contributed by atoms with Gasteiger partial charge in [0.15, 0.2) is 0 Å². The molecule has 0 amide bonds. The molecule has 0 saturated heterocycles. The van der Waals surface area contributed by atoms with E-state index in [2.05, 4.69) is 23.7 Å². The van der Waals surface area contributed by atoms with Crippen molar-refractivity contribution < 1.29 is 4.74 Å². The lowest BCUT2D eigenvalue weighted by Crippen LogP contribution is -1.91. The number of hydrogen-bond donors (Lipinski definition) is 1. The maximum Gasteiger partial charge on any atom is 0.138 e. The van der Waals surface area contributed by atoms with E-state index < -0.39 is 0 Å². The largest absolute Gasteiger partial charge is 0.495 e. The number of benzene rings is 1. The Balaban J connectivity index is 2.44. The predicted octanol–water partition coefficient (Wildman–Crippen LogP) is 3.19. The molecule has 1 N–H and O–H groups in total. The molecule has 3 heteroatoms. The summed E-state index contributed by atoms with van der Waals surface area (Å²) in [6.07, 6.45) is 1.13. The minimum atomic E-state index is 0.997. The first kappa shape index (κ1) is 9.04. The maximum atomic E-state index is 5.44. The van der Waals surface area contributed by atoms with Gasteiger partial charge in [0.05, 0.1) is 11.8 Å². The average Bonchev–Trinajstić information content (AvgIpc) is 2.83. The van der Waals surface area contributed by atoms with Crippen molar-refractivity contribution in [2.45, 2.75) is 13.3 Å². The van der Waals surface area contributed by atoms with E-state index in [4.69, 9.17) is 4.74 Å². The Bertz CT molecular complexity index is 530. The topological polar surface area (TPSA) is 21.3 Å². The molecule has 1 aliphatic heterocycles. The normalized spacial score (nSPS) is 14.0. The van der Waals surface area contributed by atoms with Gasteiger partial charge in [0, 0.05) is 23.7 Å². The van der Waals surface area contributed by atoms with E-state index in [9.17, 15) is 0 Å². The average molecular weight is 219 g/mol. The third-order valence-corrected chi connectivity index (χ3v) is 4.12. The van der Waals surface area contributed by atoms with Gasteiger partial charge in [-0.1, -0.05) is 0 Å². The first-order valence-corrected chi connectivity index (χ1v) is 6.00. The zero-order valence-electron chi connectivity index (χ0n) is 8.89. The van der Waals surface area contributed by atoms with E-state index in [1.54, 1.807) is 18.4 Å². The van der Waals surface area contributed by atoms with Gasteiger partial charge < -0.3 is 10.1 Å². The molecular formula is C12H13NOS. The van der Waals surface area contributed by atoms with Crippen LogP contribution in [0, 0.1) is 6.92 Å². The smallest absolute Gasteiger partial charge is 0.138 e. The van der Waals surface area contributed by atoms with Crippen molar-refractivity contribution in [3.8, 4) is 5.75 Å². The van der Waals surface area contributed by atoms with Crippen LogP contribution in [0.4, 0.5) is 5.69 Å². The van der Waals surface area contributed by atoms with Crippen LogP contribution >= 0.6 is 11.3 Å². The Morgan fingerprint density at radius 3 is 3.13 bits per heavy atom. The SMILES string of the molecule is COc1cc2c(c3c(C)csc13)CCN2. The Morgan fingerprint density at radius 1 is 1.47 bits per heavy atom. The van der Waals surface area contributed by atoms with Crippen molar-refractivity contribution in [1.82, 2.24) is 0 Å². The molecule has 2 heterocycles. The first-order valence-electron chi connectivity index (χ1n) is 5.13. The van der Waals surface area contributed by atoms with E-state index in [0.717, 1.165) is 18.7 Å². The summed E-state index contributed by atoms with van der Waals surface area (Å²) in [6.45, 7) is 3.23. The first-order chi connectivity index (χ1) is 7.31. The van der Waals surface area contributed by atoms with Crippen molar-refractivity contribution in [3.63, 3.8) is 0 Å². The fourth-order valence-electron chi connectivity index (χ4n) is 2.31. The fourth-order valence-corrected chi connectivity index (χ4v) is 3.38. The Labute approximate surface area is 92.9 Å². The van der Waals surface area contributed by atoms with Crippen LogP contribution in [0.5, 0.6) is 5.75 Å². The van der Waals surface area contributed by atoms with Crippen LogP contribution in [0.25, 0.3) is 10.1 Å². The molecule has 3 rings (SSSR count). The summed E-state index contributed by atoms with van der Waals surface area (Å²) in [7, 11) is 1.74. The lowest BCUT2D eigenvalue weighted by atomic mass is 10.0. The molecule has 0 bridgehead atoms. The second-order valence-corrected chi connectivity index (χ2v) is 4.78. The molecule has 2 nitrogen and oxygen atoms in total. The van der Waals surface area contributed by atoms with Crippen LogP contribution < -0.4 is 10.1 Å². The molecule has 15 heavy (non-hydrogen) atoms. The molecule has 2 aromatic rings. The molecule has 1 aliphatic rings. The van der Waals surface area contributed by atoms with Crippen LogP contribution in [-0.4, -0.2) is 13.7 Å². The molecule has 0 aliphatic carbocycles. The van der Waals surface area contributed by atoms with Crippen molar-refractivity contribution in [2.24, 2.45) is 0 Å². The highest BCUT2D eigenvalue weighted by Gasteiger charge is 2.19. The molecule has 0 fully saturated rings. The Hall–Kier alpha value is -1.22. The summed E-state index contributed by atoms with van der Waals surface area (Å²) in [5, 5.41) is 7.02. The highest BCUT2D eigenvalue weighted by Crippen LogP contribution is 2.41. The molecule has 1 aromatic heterocycles. The number of ether oxygens (including phenoxy) is 1. The minimum absolute atomic E-state index is 0.997. The maximum absolute atomic E-state index is 5.44. The number of methoxy groups -OCH3 is 1. The molecule has 1 aromatic carbocycles. The van der Waals surface area contributed by atoms with E-state index in [1.165, 1.54) is 26.9 Å². The van der Waals surface area contributed by atoms with Gasteiger partial charge in [0.1, 0.15) is 5.75 Å². The summed E-state index contributed by atoms with van der Waals surface area (Å²) in [5.74, 6) is 0.997. The van der Waals surface area contributed by atoms with Crippen LogP contribution in [0.15, 0.2) is 11.4 Å². The molecule has 0 atom stereocenters. The quantitative estimate of drug-likeness (QED) is 0.795. The summed E-state index contributed by atoms with van der Waals surface area (Å²) in [5.41, 5.74) is 4.08. The highest BCUT2D eigenvalue weighted by molar-refractivity contribution is 7.17. The van der Waals surface area contributed by atoms with Gasteiger partial charge >= 0.3 is 0 Å². The van der Waals surface area contributed by atoms with Crippen LogP contribution in [0.3, 0.4) is 0 Å². The van der Waals surface area contributed by atoms with Crippen molar-refractivity contribution in [1.29, 1.82) is 0 Å². The number of rotatable bonds is 1. The van der Waals surface area contributed by atoms with Gasteiger partial charge in [-0.25, -0.2) is 0 Å². The Morgan fingerprint density at radius 2 is 2.33 bits per heavy atom. The standard InChI is InChI=1S/C12H13NOS/c1-7-6-15-12-10(14-2)5-9-8(11(7)12)3-4-13-9/h5-6,13H,3-4H2,1-2H3. The summed E-state index contributed by atoms with van der Waals surface area (Å²) >= 11 is 1.78. The summed E-state index contributed by atoms with van der Waals surface area (Å²) in [4.78, 5) is 0. The van der Waals surface area contributed by atoms with E-state index in [0.29, 0.717) is 0 Å². The van der Waals surface area contributed by atoms with Crippen molar-refractivity contribution in [3.05, 3.63) is 22.6 Å². The van der Waals surface area contributed by atoms with Crippen molar-refractivity contribution in [2.75, 3.05) is 19.0 Å². The van der Waals surface area contributed by atoms with Crippen LogP contribution in [0.2, 0.25) is 0 Å². The lowest BCUT2D eigenvalue weighted by Gasteiger charge is -2.07.